The summed E-state index contributed by atoms with van der Waals surface area (Å²) in [5.74, 6) is 1.57. The molecule has 11 rings (SSSR count). The lowest BCUT2D eigenvalue weighted by molar-refractivity contribution is 0.722. The van der Waals surface area contributed by atoms with Crippen LogP contribution in [0.1, 0.15) is 45.1 Å². The summed E-state index contributed by atoms with van der Waals surface area (Å²) in [7, 11) is 0. The molecular weight excluding hydrogens is 689 g/mol. The molecule has 0 saturated heterocycles. The second-order valence-electron chi connectivity index (χ2n) is 14.3. The topological polar surface area (TPSA) is 62.8 Å². The Morgan fingerprint density at radius 2 is 1.04 bits per heavy atom. The summed E-state index contributed by atoms with van der Waals surface area (Å²) < 4.78 is 0. The van der Waals surface area contributed by atoms with Gasteiger partial charge in [-0.1, -0.05) is 169 Å². The number of hydrogen-bond acceptors (Lipinski definition) is 5. The third-order valence-corrected chi connectivity index (χ3v) is 12.5. The van der Waals surface area contributed by atoms with Crippen molar-refractivity contribution in [1.29, 1.82) is 0 Å². The summed E-state index contributed by atoms with van der Waals surface area (Å²) >= 11 is 1.86. The zero-order valence-corrected chi connectivity index (χ0v) is 30.6. The molecule has 0 fully saturated rings. The number of amidine groups is 2. The molecule has 55 heavy (non-hydrogen) atoms. The van der Waals surface area contributed by atoms with E-state index in [1.54, 1.807) is 0 Å². The molecule has 0 radical (unpaired) electrons. The quantitative estimate of drug-likeness (QED) is 0.178. The number of nitrogen functional groups attached to an aromatic ring is 1. The summed E-state index contributed by atoms with van der Waals surface area (Å²) in [6.45, 7) is 0. The number of benzene rings is 8. The van der Waals surface area contributed by atoms with Crippen molar-refractivity contribution < 1.29 is 0 Å². The second-order valence-corrected chi connectivity index (χ2v) is 15.4. The molecule has 3 N–H and O–H groups in total. The van der Waals surface area contributed by atoms with Crippen LogP contribution >= 0.6 is 11.8 Å². The number of nitrogens with one attached hydrogen (secondary N) is 1. The van der Waals surface area contributed by atoms with Crippen LogP contribution in [0.15, 0.2) is 202 Å². The first-order valence-corrected chi connectivity index (χ1v) is 19.5. The van der Waals surface area contributed by atoms with Gasteiger partial charge in [-0.2, -0.15) is 0 Å². The van der Waals surface area contributed by atoms with E-state index in [1.165, 1.54) is 59.5 Å². The third-order valence-electron chi connectivity index (χ3n) is 11.4. The first kappa shape index (κ1) is 31.8. The first-order valence-electron chi connectivity index (χ1n) is 18.6. The van der Waals surface area contributed by atoms with E-state index in [9.17, 15) is 0 Å². The highest BCUT2D eigenvalue weighted by Gasteiger charge is 2.51. The van der Waals surface area contributed by atoms with Gasteiger partial charge >= 0.3 is 0 Å². The molecule has 260 valence electrons. The number of aliphatic imine (C=N–C) groups is 2. The van der Waals surface area contributed by atoms with Gasteiger partial charge in [0.25, 0.3) is 0 Å². The van der Waals surface area contributed by atoms with E-state index in [0.717, 1.165) is 33.9 Å². The van der Waals surface area contributed by atoms with Crippen LogP contribution in [-0.4, -0.2) is 11.7 Å². The molecule has 0 aromatic heterocycles. The highest BCUT2D eigenvalue weighted by atomic mass is 32.2. The van der Waals surface area contributed by atoms with E-state index < -0.39 is 11.6 Å². The van der Waals surface area contributed by atoms with Crippen molar-refractivity contribution >= 4 is 39.9 Å². The normalized spacial score (nSPS) is 16.0. The van der Waals surface area contributed by atoms with Crippen LogP contribution in [-0.2, 0) is 5.41 Å². The van der Waals surface area contributed by atoms with Gasteiger partial charge in [0.05, 0.1) is 5.41 Å². The van der Waals surface area contributed by atoms with Gasteiger partial charge in [-0.25, -0.2) is 9.98 Å². The lowest BCUT2D eigenvalue weighted by Gasteiger charge is -2.39. The molecular formula is C50H34N4S. The molecule has 2 heterocycles. The lowest BCUT2D eigenvalue weighted by Crippen LogP contribution is -2.36. The Morgan fingerprint density at radius 3 is 1.82 bits per heavy atom. The summed E-state index contributed by atoms with van der Waals surface area (Å²) in [5, 5.41) is 6.21. The highest BCUT2D eigenvalue weighted by Crippen LogP contribution is 2.62. The minimum absolute atomic E-state index is 0.460. The zero-order valence-electron chi connectivity index (χ0n) is 29.8. The van der Waals surface area contributed by atoms with Crippen molar-refractivity contribution in [2.45, 2.75) is 21.4 Å². The Kier molecular flexibility index (Phi) is 7.19. The third kappa shape index (κ3) is 4.86. The first-order chi connectivity index (χ1) is 27.2. The molecule has 2 aliphatic heterocycles. The van der Waals surface area contributed by atoms with Gasteiger partial charge in [0.1, 0.15) is 11.7 Å². The van der Waals surface area contributed by atoms with Crippen molar-refractivity contribution in [3.05, 3.63) is 221 Å². The summed E-state index contributed by atoms with van der Waals surface area (Å²) in [6, 6.07) is 65.2. The maximum Gasteiger partial charge on any atom is 0.169 e. The number of hydrogen-bond donors (Lipinski definition) is 2. The number of nitrogens with two attached hydrogens (primary N) is 1. The van der Waals surface area contributed by atoms with Crippen molar-refractivity contribution in [3.63, 3.8) is 0 Å². The number of rotatable bonds is 4. The fraction of sp³-hybridized carbons (Fsp3) is 0.0400. The van der Waals surface area contributed by atoms with Crippen molar-refractivity contribution in [1.82, 2.24) is 5.32 Å². The van der Waals surface area contributed by atoms with E-state index in [0.29, 0.717) is 5.69 Å². The standard InChI is InChI=1S/C50H34N4S/c51-35-29-27-34(28-30-35)48-52-47(33-25-23-32(24-26-33)37-15-9-12-31-11-1-2-13-36(31)37)53-49(54-48)39-16-10-20-43-46(39)38-14-3-4-17-40(38)50(43)41-18-5-7-21-44(41)55-45-22-8-6-19-42(45)50/h1-30,48H,51H2,(H,52,53,54). The Labute approximate surface area is 324 Å². The molecule has 1 unspecified atom stereocenters. The van der Waals surface area contributed by atoms with Crippen LogP contribution in [0.2, 0.25) is 0 Å². The van der Waals surface area contributed by atoms with E-state index in [4.69, 9.17) is 15.7 Å². The van der Waals surface area contributed by atoms with Crippen molar-refractivity contribution in [3.8, 4) is 22.3 Å². The highest BCUT2D eigenvalue weighted by molar-refractivity contribution is 7.99. The van der Waals surface area contributed by atoms with Crippen molar-refractivity contribution in [2.75, 3.05) is 5.73 Å². The predicted molar refractivity (Wildman–Crippen MR) is 227 cm³/mol. The Balaban J connectivity index is 1.08. The average Bonchev–Trinajstić information content (AvgIpc) is 3.54. The number of nitrogens with zero attached hydrogens (tertiary/aromatic N) is 2. The van der Waals surface area contributed by atoms with Crippen molar-refractivity contribution in [2.24, 2.45) is 9.98 Å². The summed E-state index contributed by atoms with van der Waals surface area (Å²) in [5.41, 5.74) is 19.4. The molecule has 0 bridgehead atoms. The molecule has 5 heteroatoms. The van der Waals surface area contributed by atoms with Gasteiger partial charge < -0.3 is 11.1 Å². The van der Waals surface area contributed by atoms with Gasteiger partial charge in [0.15, 0.2) is 6.17 Å². The number of fused-ring (bicyclic) bond motifs is 10. The van der Waals surface area contributed by atoms with Gasteiger partial charge in [-0.3, -0.25) is 0 Å². The zero-order chi connectivity index (χ0) is 36.5. The van der Waals surface area contributed by atoms with Crippen LogP contribution in [0.4, 0.5) is 5.69 Å². The fourth-order valence-corrected chi connectivity index (χ4v) is 10.1. The Hall–Kier alpha value is -6.69. The molecule has 8 aromatic carbocycles. The largest absolute Gasteiger partial charge is 0.399 e. The van der Waals surface area contributed by atoms with Crippen LogP contribution < -0.4 is 11.1 Å². The molecule has 8 aromatic rings. The van der Waals surface area contributed by atoms with Crippen LogP contribution in [0.5, 0.6) is 0 Å². The minimum Gasteiger partial charge on any atom is -0.399 e. The second kappa shape index (κ2) is 12.4. The van der Waals surface area contributed by atoms with Crippen LogP contribution in [0.25, 0.3) is 33.0 Å². The van der Waals surface area contributed by atoms with E-state index in [-0.39, 0.29) is 0 Å². The van der Waals surface area contributed by atoms with E-state index >= 15 is 0 Å². The number of anilines is 1. The molecule has 0 amide bonds. The SMILES string of the molecule is Nc1ccc(C2N=C(c3ccc(-c4cccc5ccccc45)cc3)NC(c3cccc4c3-c3ccccc3C43c4ccccc4Sc4ccccc43)=N2)cc1. The molecule has 1 aliphatic carbocycles. The predicted octanol–water partition coefficient (Wildman–Crippen LogP) is 11.4. The van der Waals surface area contributed by atoms with Gasteiger partial charge in [0.2, 0.25) is 0 Å². The molecule has 3 aliphatic rings. The average molecular weight is 723 g/mol. The molecule has 1 spiro atoms. The summed E-state index contributed by atoms with van der Waals surface area (Å²) in [4.78, 5) is 13.2. The van der Waals surface area contributed by atoms with Gasteiger partial charge in [-0.05, 0) is 85.1 Å². The fourth-order valence-electron chi connectivity index (χ4n) is 8.94. The maximum atomic E-state index is 6.15. The monoisotopic (exact) mass is 722 g/mol. The molecule has 4 nitrogen and oxygen atoms in total. The van der Waals surface area contributed by atoms with E-state index in [1.807, 2.05) is 36.0 Å². The Bertz CT molecular complexity index is 2840. The van der Waals surface area contributed by atoms with E-state index in [2.05, 4.69) is 163 Å². The maximum absolute atomic E-state index is 6.15. The van der Waals surface area contributed by atoms with Crippen LogP contribution in [0, 0.1) is 0 Å². The smallest absolute Gasteiger partial charge is 0.169 e. The molecule has 0 saturated carbocycles. The van der Waals surface area contributed by atoms with Crippen LogP contribution in [0.3, 0.4) is 0 Å². The lowest BCUT2D eigenvalue weighted by atomic mass is 9.67. The minimum atomic E-state index is -0.472. The van der Waals surface area contributed by atoms with Gasteiger partial charge in [-0.15, -0.1) is 0 Å². The van der Waals surface area contributed by atoms with Gasteiger partial charge in [0, 0.05) is 26.6 Å². The Morgan fingerprint density at radius 1 is 0.473 bits per heavy atom. The summed E-state index contributed by atoms with van der Waals surface area (Å²) in [6.07, 6.45) is -0.460. The molecule has 1 atom stereocenters.